The molecule has 1 aliphatic rings. The SMILES string of the molecule is COC(=O)c1cc(C(=O)Nc2nnc(C3CC(=O)N(c4ccc(C)c(Cl)c4)C3)s2)cc([N+](=O)[O-])c1. The second-order valence-corrected chi connectivity index (χ2v) is 9.17. The second kappa shape index (κ2) is 9.76. The zero-order chi connectivity index (χ0) is 25.3. The van der Waals surface area contributed by atoms with Gasteiger partial charge < -0.3 is 9.64 Å². The van der Waals surface area contributed by atoms with Gasteiger partial charge in [-0.1, -0.05) is 29.0 Å². The third kappa shape index (κ3) is 5.12. The number of carbonyl (C=O) groups is 3. The predicted molar refractivity (Wildman–Crippen MR) is 128 cm³/mol. The minimum atomic E-state index is -0.814. The van der Waals surface area contributed by atoms with Crippen molar-refractivity contribution in [1.29, 1.82) is 0 Å². The maximum Gasteiger partial charge on any atom is 0.338 e. The van der Waals surface area contributed by atoms with E-state index in [1.54, 1.807) is 11.0 Å². The number of aryl methyl sites for hydroxylation is 1. The van der Waals surface area contributed by atoms with Gasteiger partial charge in [-0.15, -0.1) is 10.2 Å². The standard InChI is InChI=1S/C22H18ClN5O6S/c1-11-3-4-15(9-17(11)23)27-10-14(8-18(27)29)20-25-26-22(35-20)24-19(30)12-5-13(21(31)34-2)7-16(6-12)28(32)33/h3-7,9,14H,8,10H2,1-2H3,(H,24,26,30). The van der Waals surface area contributed by atoms with Crippen LogP contribution in [0.2, 0.25) is 5.02 Å². The number of rotatable bonds is 6. The molecule has 2 amide bonds. The number of halogens is 1. The molecule has 2 aromatic carbocycles. The van der Waals surface area contributed by atoms with Gasteiger partial charge in [0.25, 0.3) is 11.6 Å². The Balaban J connectivity index is 1.50. The van der Waals surface area contributed by atoms with E-state index in [-0.39, 0.29) is 34.5 Å². The summed E-state index contributed by atoms with van der Waals surface area (Å²) in [6.07, 6.45) is 0.224. The van der Waals surface area contributed by atoms with Gasteiger partial charge >= 0.3 is 5.97 Å². The fraction of sp³-hybridized carbons (Fsp3) is 0.227. The van der Waals surface area contributed by atoms with Crippen molar-refractivity contribution in [2.45, 2.75) is 19.3 Å². The van der Waals surface area contributed by atoms with Crippen LogP contribution in [-0.4, -0.2) is 46.6 Å². The lowest BCUT2D eigenvalue weighted by molar-refractivity contribution is -0.384. The van der Waals surface area contributed by atoms with Crippen LogP contribution >= 0.6 is 22.9 Å². The molecule has 1 N–H and O–H groups in total. The molecule has 11 nitrogen and oxygen atoms in total. The highest BCUT2D eigenvalue weighted by molar-refractivity contribution is 7.15. The third-order valence-electron chi connectivity index (χ3n) is 5.41. The number of carbonyl (C=O) groups excluding carboxylic acids is 3. The van der Waals surface area contributed by atoms with E-state index in [4.69, 9.17) is 11.6 Å². The minimum Gasteiger partial charge on any atom is -0.465 e. The van der Waals surface area contributed by atoms with Crippen molar-refractivity contribution in [2.75, 3.05) is 23.9 Å². The van der Waals surface area contributed by atoms with Gasteiger partial charge in [0, 0.05) is 47.3 Å². The highest BCUT2D eigenvalue weighted by atomic mass is 35.5. The quantitative estimate of drug-likeness (QED) is 0.295. The number of nitro groups is 1. The Bertz CT molecular complexity index is 1360. The van der Waals surface area contributed by atoms with Crippen LogP contribution < -0.4 is 10.2 Å². The van der Waals surface area contributed by atoms with Gasteiger partial charge in [-0.05, 0) is 30.7 Å². The molecular weight excluding hydrogens is 498 g/mol. The van der Waals surface area contributed by atoms with Gasteiger partial charge in [-0.3, -0.25) is 25.0 Å². The topological polar surface area (TPSA) is 145 Å². The highest BCUT2D eigenvalue weighted by Gasteiger charge is 2.34. The molecule has 2 heterocycles. The molecule has 0 radical (unpaired) electrons. The maximum absolute atomic E-state index is 12.7. The molecule has 0 aliphatic carbocycles. The number of anilines is 2. The van der Waals surface area contributed by atoms with E-state index in [2.05, 4.69) is 20.3 Å². The van der Waals surface area contributed by atoms with Crippen LogP contribution in [0, 0.1) is 17.0 Å². The van der Waals surface area contributed by atoms with Crippen LogP contribution in [0.5, 0.6) is 0 Å². The Morgan fingerprint density at radius 2 is 1.97 bits per heavy atom. The van der Waals surface area contributed by atoms with Crippen molar-refractivity contribution in [3.05, 3.63) is 73.2 Å². The molecule has 1 aromatic heterocycles. The number of hydrogen-bond donors (Lipinski definition) is 1. The summed E-state index contributed by atoms with van der Waals surface area (Å²) in [5, 5.41) is 23.1. The van der Waals surface area contributed by atoms with E-state index in [9.17, 15) is 24.5 Å². The molecule has 1 atom stereocenters. The number of nitrogens with zero attached hydrogens (tertiary/aromatic N) is 4. The van der Waals surface area contributed by atoms with Crippen LogP contribution in [-0.2, 0) is 9.53 Å². The Labute approximate surface area is 207 Å². The molecule has 4 rings (SSSR count). The molecule has 1 fully saturated rings. The number of nitro benzene ring substituents is 1. The number of esters is 1. The summed E-state index contributed by atoms with van der Waals surface area (Å²) in [7, 11) is 1.13. The van der Waals surface area contributed by atoms with Crippen molar-refractivity contribution in [3.63, 3.8) is 0 Å². The normalized spacial score (nSPS) is 15.2. The molecule has 0 saturated carbocycles. The van der Waals surface area contributed by atoms with E-state index in [0.717, 1.165) is 36.1 Å². The first kappa shape index (κ1) is 24.2. The summed E-state index contributed by atoms with van der Waals surface area (Å²) >= 11 is 7.30. The van der Waals surface area contributed by atoms with E-state index in [1.807, 2.05) is 19.1 Å². The Morgan fingerprint density at radius 3 is 2.66 bits per heavy atom. The lowest BCUT2D eigenvalue weighted by Crippen LogP contribution is -2.24. The highest BCUT2D eigenvalue weighted by Crippen LogP contribution is 2.35. The fourth-order valence-corrected chi connectivity index (χ4v) is 4.58. The van der Waals surface area contributed by atoms with Gasteiger partial charge in [-0.25, -0.2) is 4.79 Å². The molecule has 35 heavy (non-hydrogen) atoms. The van der Waals surface area contributed by atoms with Gasteiger partial charge in [0.1, 0.15) is 5.01 Å². The van der Waals surface area contributed by atoms with E-state index in [1.165, 1.54) is 6.07 Å². The van der Waals surface area contributed by atoms with Crippen LogP contribution in [0.1, 0.15) is 43.6 Å². The minimum absolute atomic E-state index is 0.0809. The van der Waals surface area contributed by atoms with Crippen molar-refractivity contribution in [3.8, 4) is 0 Å². The zero-order valence-corrected chi connectivity index (χ0v) is 20.1. The fourth-order valence-electron chi connectivity index (χ4n) is 3.57. The number of nitrogens with one attached hydrogen (secondary N) is 1. The van der Waals surface area contributed by atoms with E-state index >= 15 is 0 Å². The molecule has 1 unspecified atom stereocenters. The number of ether oxygens (including phenoxy) is 1. The summed E-state index contributed by atoms with van der Waals surface area (Å²) < 4.78 is 4.59. The second-order valence-electron chi connectivity index (χ2n) is 7.76. The van der Waals surface area contributed by atoms with Crippen LogP contribution in [0.4, 0.5) is 16.5 Å². The Hall–Kier alpha value is -3.90. The first-order valence-corrected chi connectivity index (χ1v) is 11.4. The van der Waals surface area contributed by atoms with Gasteiger partial charge in [0.05, 0.1) is 17.6 Å². The summed E-state index contributed by atoms with van der Waals surface area (Å²) in [5.41, 5.74) is 0.918. The Morgan fingerprint density at radius 1 is 1.23 bits per heavy atom. The zero-order valence-electron chi connectivity index (χ0n) is 18.5. The summed E-state index contributed by atoms with van der Waals surface area (Å²) in [6, 6.07) is 8.67. The van der Waals surface area contributed by atoms with Crippen LogP contribution in [0.15, 0.2) is 36.4 Å². The number of hydrogen-bond acceptors (Lipinski definition) is 9. The summed E-state index contributed by atoms with van der Waals surface area (Å²) in [5.74, 6) is -1.83. The van der Waals surface area contributed by atoms with Crippen molar-refractivity contribution < 1.29 is 24.0 Å². The van der Waals surface area contributed by atoms with Crippen LogP contribution in [0.25, 0.3) is 0 Å². The monoisotopic (exact) mass is 515 g/mol. The summed E-state index contributed by atoms with van der Waals surface area (Å²) in [6.45, 7) is 2.26. The van der Waals surface area contributed by atoms with Gasteiger partial charge in [0.2, 0.25) is 11.0 Å². The number of aromatic nitrogens is 2. The predicted octanol–water partition coefficient (Wildman–Crippen LogP) is 3.97. The number of methoxy groups -OCH3 is 1. The molecule has 0 spiro atoms. The molecule has 180 valence electrons. The lowest BCUT2D eigenvalue weighted by Gasteiger charge is -2.17. The largest absolute Gasteiger partial charge is 0.465 e. The number of non-ortho nitro benzene ring substituents is 1. The van der Waals surface area contributed by atoms with E-state index < -0.39 is 22.5 Å². The first-order valence-electron chi connectivity index (χ1n) is 10.3. The lowest BCUT2D eigenvalue weighted by atomic mass is 10.1. The van der Waals surface area contributed by atoms with Crippen molar-refractivity contribution in [1.82, 2.24) is 10.2 Å². The summed E-state index contributed by atoms with van der Waals surface area (Å²) in [4.78, 5) is 49.3. The number of benzene rings is 2. The van der Waals surface area contributed by atoms with Gasteiger partial charge in [-0.2, -0.15) is 0 Å². The maximum atomic E-state index is 12.7. The number of amides is 2. The molecular formula is C22H18ClN5O6S. The first-order chi connectivity index (χ1) is 16.7. The van der Waals surface area contributed by atoms with Crippen LogP contribution in [0.3, 0.4) is 0 Å². The van der Waals surface area contributed by atoms with Crippen molar-refractivity contribution in [2.24, 2.45) is 0 Å². The van der Waals surface area contributed by atoms with Crippen molar-refractivity contribution >= 4 is 57.2 Å². The third-order valence-corrected chi connectivity index (χ3v) is 6.82. The van der Waals surface area contributed by atoms with E-state index in [0.29, 0.717) is 22.3 Å². The average Bonchev–Trinajstić information content (AvgIpc) is 3.46. The smallest absolute Gasteiger partial charge is 0.338 e. The molecule has 1 saturated heterocycles. The molecule has 0 bridgehead atoms. The average molecular weight is 516 g/mol. The molecule has 3 aromatic rings. The molecule has 1 aliphatic heterocycles. The Kier molecular flexibility index (Phi) is 6.76. The van der Waals surface area contributed by atoms with Gasteiger partial charge in [0.15, 0.2) is 0 Å². The molecule has 13 heteroatoms.